The van der Waals surface area contributed by atoms with Crippen LogP contribution in [0, 0.1) is 20.8 Å². The van der Waals surface area contributed by atoms with Crippen LogP contribution < -0.4 is 4.74 Å². The van der Waals surface area contributed by atoms with Gasteiger partial charge in [0.1, 0.15) is 5.75 Å². The highest BCUT2D eigenvalue weighted by atomic mass is 79.9. The Morgan fingerprint density at radius 2 is 1.95 bits per heavy atom. The number of rotatable bonds is 4. The van der Waals surface area contributed by atoms with E-state index in [0.717, 1.165) is 5.75 Å². The van der Waals surface area contributed by atoms with E-state index in [1.165, 1.54) is 26.4 Å². The summed E-state index contributed by atoms with van der Waals surface area (Å²) in [5, 5.41) is 0. The van der Waals surface area contributed by atoms with Crippen LogP contribution in [0.25, 0.3) is 0 Å². The van der Waals surface area contributed by atoms with Crippen LogP contribution in [0.15, 0.2) is 24.3 Å². The summed E-state index contributed by atoms with van der Waals surface area (Å²) in [4.78, 5) is 2.91. The Hall–Kier alpha value is -0.800. The van der Waals surface area contributed by atoms with E-state index >= 15 is 0 Å². The molecule has 0 N–H and O–H groups in total. The van der Waals surface area contributed by atoms with Crippen molar-refractivity contribution in [3.05, 3.63) is 50.7 Å². The van der Waals surface area contributed by atoms with Crippen LogP contribution in [0.2, 0.25) is 0 Å². The number of thiophene rings is 1. The molecule has 1 heterocycles. The summed E-state index contributed by atoms with van der Waals surface area (Å²) in [5.74, 6) is 0.971. The number of halogens is 1. The maximum absolute atomic E-state index is 5.75. The molecular formula is C16H19BrOS. The van der Waals surface area contributed by atoms with E-state index in [4.69, 9.17) is 4.74 Å². The summed E-state index contributed by atoms with van der Waals surface area (Å²) in [5.41, 5.74) is 3.83. The molecule has 1 atom stereocenters. The average molecular weight is 339 g/mol. The van der Waals surface area contributed by atoms with Crippen molar-refractivity contribution in [3.63, 3.8) is 0 Å². The Morgan fingerprint density at radius 1 is 1.21 bits per heavy atom. The Bertz CT molecular complexity index is 555. The second-order valence-electron chi connectivity index (χ2n) is 4.72. The molecule has 0 aliphatic heterocycles. The van der Waals surface area contributed by atoms with Crippen molar-refractivity contribution in [2.45, 2.75) is 32.5 Å². The number of benzene rings is 1. The maximum Gasteiger partial charge on any atom is 0.123 e. The van der Waals surface area contributed by atoms with Crippen molar-refractivity contribution >= 4 is 27.3 Å². The van der Waals surface area contributed by atoms with E-state index in [1.54, 1.807) is 0 Å². The molecule has 0 aliphatic carbocycles. The van der Waals surface area contributed by atoms with Gasteiger partial charge in [0.25, 0.3) is 0 Å². The molecule has 1 nitrogen and oxygen atoms in total. The molecule has 0 spiro atoms. The van der Waals surface area contributed by atoms with Gasteiger partial charge in [0, 0.05) is 15.3 Å². The van der Waals surface area contributed by atoms with Gasteiger partial charge in [0.2, 0.25) is 0 Å². The number of ether oxygens (including phenoxy) is 1. The van der Waals surface area contributed by atoms with Crippen LogP contribution >= 0.6 is 27.3 Å². The van der Waals surface area contributed by atoms with Gasteiger partial charge in [-0.15, -0.1) is 11.3 Å². The summed E-state index contributed by atoms with van der Waals surface area (Å²) in [6.07, 6.45) is 0. The standard InChI is InChI=1S/C16H19BrOS/c1-5-18-14-7-6-10(2)8-13(14)16(17)15-9-11(3)12(4)19-15/h6-9,16H,5H2,1-4H3. The molecule has 0 amide bonds. The number of alkyl halides is 1. The lowest BCUT2D eigenvalue weighted by atomic mass is 10.1. The Balaban J connectivity index is 2.41. The Kier molecular flexibility index (Phi) is 4.69. The van der Waals surface area contributed by atoms with Crippen LogP contribution in [0.3, 0.4) is 0 Å². The Morgan fingerprint density at radius 3 is 2.53 bits per heavy atom. The van der Waals surface area contributed by atoms with Gasteiger partial charge in [-0.2, -0.15) is 0 Å². The molecule has 0 saturated heterocycles. The second-order valence-corrected chi connectivity index (χ2v) is 6.93. The molecular weight excluding hydrogens is 320 g/mol. The third-order valence-electron chi connectivity index (χ3n) is 3.17. The summed E-state index contributed by atoms with van der Waals surface area (Å²) >= 11 is 5.67. The molecule has 0 bridgehead atoms. The largest absolute Gasteiger partial charge is 0.494 e. The average Bonchev–Trinajstić information content (AvgIpc) is 2.71. The molecule has 102 valence electrons. The lowest BCUT2D eigenvalue weighted by Gasteiger charge is -2.15. The van der Waals surface area contributed by atoms with Gasteiger partial charge in [-0.25, -0.2) is 0 Å². The highest BCUT2D eigenvalue weighted by molar-refractivity contribution is 9.09. The highest BCUT2D eigenvalue weighted by Gasteiger charge is 2.18. The number of hydrogen-bond donors (Lipinski definition) is 0. The first kappa shape index (κ1) is 14.6. The van der Waals surface area contributed by atoms with Crippen molar-refractivity contribution in [3.8, 4) is 5.75 Å². The number of aryl methyl sites for hydroxylation is 3. The van der Waals surface area contributed by atoms with Crippen LogP contribution in [-0.4, -0.2) is 6.61 Å². The fraction of sp³-hybridized carbons (Fsp3) is 0.375. The Labute approximate surface area is 127 Å². The predicted molar refractivity (Wildman–Crippen MR) is 86.9 cm³/mol. The first-order valence-electron chi connectivity index (χ1n) is 6.47. The molecule has 0 fully saturated rings. The molecule has 2 rings (SSSR count). The third-order valence-corrected chi connectivity index (χ3v) is 5.68. The first-order valence-corrected chi connectivity index (χ1v) is 8.20. The molecule has 0 saturated carbocycles. The maximum atomic E-state index is 5.75. The summed E-state index contributed by atoms with van der Waals surface area (Å²) in [7, 11) is 0. The van der Waals surface area contributed by atoms with E-state index < -0.39 is 0 Å². The molecule has 0 radical (unpaired) electrons. The minimum absolute atomic E-state index is 0.200. The fourth-order valence-electron chi connectivity index (χ4n) is 2.03. The van der Waals surface area contributed by atoms with Gasteiger partial charge >= 0.3 is 0 Å². The monoisotopic (exact) mass is 338 g/mol. The van der Waals surface area contributed by atoms with Crippen LogP contribution in [0.5, 0.6) is 5.75 Å². The smallest absolute Gasteiger partial charge is 0.123 e. The first-order chi connectivity index (χ1) is 9.02. The second kappa shape index (κ2) is 6.10. The van der Waals surface area contributed by atoms with Crippen molar-refractivity contribution in [2.24, 2.45) is 0 Å². The third kappa shape index (κ3) is 3.21. The molecule has 19 heavy (non-hydrogen) atoms. The highest BCUT2D eigenvalue weighted by Crippen LogP contribution is 2.40. The van der Waals surface area contributed by atoms with Gasteiger partial charge in [0.05, 0.1) is 11.4 Å². The molecule has 3 heteroatoms. The fourth-order valence-corrected chi connectivity index (χ4v) is 3.84. The zero-order valence-electron chi connectivity index (χ0n) is 11.8. The van der Waals surface area contributed by atoms with Crippen molar-refractivity contribution in [2.75, 3.05) is 6.61 Å². The zero-order chi connectivity index (χ0) is 14.0. The van der Waals surface area contributed by atoms with Crippen molar-refractivity contribution < 1.29 is 4.74 Å². The summed E-state index contributed by atoms with van der Waals surface area (Å²) in [6.45, 7) is 9.16. The van der Waals surface area contributed by atoms with Crippen molar-refractivity contribution in [1.82, 2.24) is 0 Å². The van der Waals surface area contributed by atoms with Gasteiger partial charge in [-0.1, -0.05) is 33.6 Å². The summed E-state index contributed by atoms with van der Waals surface area (Å²) < 4.78 is 5.75. The SMILES string of the molecule is CCOc1ccc(C)cc1C(Br)c1cc(C)c(C)s1. The van der Waals surface area contributed by atoms with Crippen LogP contribution in [-0.2, 0) is 0 Å². The minimum Gasteiger partial charge on any atom is -0.494 e. The minimum atomic E-state index is 0.200. The van der Waals surface area contributed by atoms with E-state index in [2.05, 4.69) is 61.0 Å². The summed E-state index contributed by atoms with van der Waals surface area (Å²) in [6, 6.07) is 8.63. The number of hydrogen-bond acceptors (Lipinski definition) is 2. The van der Waals surface area contributed by atoms with E-state index in [9.17, 15) is 0 Å². The van der Waals surface area contributed by atoms with Gasteiger partial charge in [-0.3, -0.25) is 0 Å². The molecule has 1 aromatic carbocycles. The van der Waals surface area contributed by atoms with Crippen LogP contribution in [0.1, 0.15) is 38.2 Å². The lowest BCUT2D eigenvalue weighted by molar-refractivity contribution is 0.337. The van der Waals surface area contributed by atoms with Gasteiger partial charge < -0.3 is 4.74 Å². The zero-order valence-corrected chi connectivity index (χ0v) is 14.2. The van der Waals surface area contributed by atoms with Crippen molar-refractivity contribution in [1.29, 1.82) is 0 Å². The van der Waals surface area contributed by atoms with E-state index in [1.807, 2.05) is 18.3 Å². The van der Waals surface area contributed by atoms with Gasteiger partial charge in [-0.05, 0) is 45.4 Å². The quantitative estimate of drug-likeness (QED) is 0.663. The molecule has 1 unspecified atom stereocenters. The molecule has 0 aliphatic rings. The van der Waals surface area contributed by atoms with Crippen LogP contribution in [0.4, 0.5) is 0 Å². The molecule has 2 aromatic rings. The van der Waals surface area contributed by atoms with Gasteiger partial charge in [0.15, 0.2) is 0 Å². The predicted octanol–water partition coefficient (Wildman–Crippen LogP) is 5.56. The topological polar surface area (TPSA) is 9.23 Å². The van der Waals surface area contributed by atoms with E-state index in [-0.39, 0.29) is 4.83 Å². The molecule has 1 aromatic heterocycles. The van der Waals surface area contributed by atoms with E-state index in [0.29, 0.717) is 6.61 Å². The lowest BCUT2D eigenvalue weighted by Crippen LogP contribution is -1.99. The normalized spacial score (nSPS) is 12.5.